The van der Waals surface area contributed by atoms with Crippen LogP contribution in [0.2, 0.25) is 24.8 Å². The molecule has 1 atom stereocenters. The van der Waals surface area contributed by atoms with Crippen LogP contribution in [-0.2, 0) is 17.1 Å². The summed E-state index contributed by atoms with van der Waals surface area (Å²) in [5, 5.41) is 5.26. The molecule has 2 aromatic rings. The average molecular weight is 498 g/mol. The zero-order chi connectivity index (χ0) is 24.2. The van der Waals surface area contributed by atoms with Crippen molar-refractivity contribution in [1.82, 2.24) is 19.5 Å². The van der Waals surface area contributed by atoms with Gasteiger partial charge in [-0.25, -0.2) is 18.1 Å². The van der Waals surface area contributed by atoms with Gasteiger partial charge in [0.1, 0.15) is 15.9 Å². The number of halogens is 1. The van der Waals surface area contributed by atoms with Crippen LogP contribution in [0.3, 0.4) is 0 Å². The fourth-order valence-corrected chi connectivity index (χ4v) is 7.84. The Morgan fingerprint density at radius 2 is 1.94 bits per heavy atom. The number of amides is 1. The number of pyridine rings is 1. The van der Waals surface area contributed by atoms with Crippen molar-refractivity contribution in [3.05, 3.63) is 28.7 Å². The normalized spacial score (nSPS) is 18.8. The van der Waals surface area contributed by atoms with Crippen LogP contribution in [0.4, 0.5) is 5.82 Å². The molecule has 0 spiro atoms. The lowest BCUT2D eigenvalue weighted by Crippen LogP contribution is -2.44. The highest BCUT2D eigenvalue weighted by Crippen LogP contribution is 2.38. The minimum atomic E-state index is -4.11. The van der Waals surface area contributed by atoms with Gasteiger partial charge in [-0.15, -0.1) is 0 Å². The van der Waals surface area contributed by atoms with E-state index in [0.717, 1.165) is 11.6 Å². The first-order valence-electron chi connectivity index (χ1n) is 10.6. The number of aromatic nitrogens is 3. The number of anilines is 1. The van der Waals surface area contributed by atoms with Crippen molar-refractivity contribution in [2.24, 2.45) is 13.0 Å². The van der Waals surface area contributed by atoms with Crippen LogP contribution in [0.1, 0.15) is 43.2 Å². The standard InChI is InChI=1S/C21H32ClN5O3SSi/c1-13-10-21(3,4)27(11-13)19-15(9-17(18(22)23-19)32(6,7)8)20(28)25-31(29,30)16-12-26(5)24-14(16)2/h9,12-13H,10-11H2,1-8H3,(H,25,28)/t13-/m0/s1. The minimum Gasteiger partial charge on any atom is -0.351 e. The van der Waals surface area contributed by atoms with E-state index in [4.69, 9.17) is 11.6 Å². The van der Waals surface area contributed by atoms with Gasteiger partial charge in [-0.2, -0.15) is 5.10 Å². The second-order valence-electron chi connectivity index (χ2n) is 10.4. The van der Waals surface area contributed by atoms with Gasteiger partial charge in [0.25, 0.3) is 15.9 Å². The van der Waals surface area contributed by atoms with E-state index in [0.29, 0.717) is 29.1 Å². The van der Waals surface area contributed by atoms with Gasteiger partial charge in [-0.05, 0) is 44.4 Å². The van der Waals surface area contributed by atoms with E-state index in [1.165, 1.54) is 10.9 Å². The molecule has 0 aromatic carbocycles. The van der Waals surface area contributed by atoms with Gasteiger partial charge in [0.05, 0.1) is 19.3 Å². The Balaban J connectivity index is 2.12. The number of rotatable bonds is 5. The Morgan fingerprint density at radius 1 is 1.31 bits per heavy atom. The van der Waals surface area contributed by atoms with Gasteiger partial charge < -0.3 is 4.90 Å². The third-order valence-electron chi connectivity index (χ3n) is 5.82. The average Bonchev–Trinajstić information content (AvgIpc) is 3.09. The van der Waals surface area contributed by atoms with Crippen molar-refractivity contribution >= 4 is 46.6 Å². The summed E-state index contributed by atoms with van der Waals surface area (Å²) in [5.74, 6) is 0.101. The summed E-state index contributed by atoms with van der Waals surface area (Å²) in [6.45, 7) is 14.9. The van der Waals surface area contributed by atoms with E-state index in [1.54, 1.807) is 20.0 Å². The molecule has 3 heterocycles. The Kier molecular flexibility index (Phi) is 6.29. The van der Waals surface area contributed by atoms with Crippen molar-refractivity contribution in [3.8, 4) is 0 Å². The van der Waals surface area contributed by atoms with Crippen LogP contribution in [-0.4, -0.2) is 49.2 Å². The molecule has 1 N–H and O–H groups in total. The highest BCUT2D eigenvalue weighted by atomic mass is 35.5. The molecule has 2 aromatic heterocycles. The van der Waals surface area contributed by atoms with Gasteiger partial charge in [0, 0.05) is 25.3 Å². The van der Waals surface area contributed by atoms with Crippen LogP contribution in [0.25, 0.3) is 0 Å². The molecule has 8 nitrogen and oxygen atoms in total. The lowest BCUT2D eigenvalue weighted by molar-refractivity contribution is 0.0981. The number of hydrogen-bond donors (Lipinski definition) is 1. The van der Waals surface area contributed by atoms with Crippen molar-refractivity contribution < 1.29 is 13.2 Å². The van der Waals surface area contributed by atoms with Crippen molar-refractivity contribution in [1.29, 1.82) is 0 Å². The second-order valence-corrected chi connectivity index (χ2v) is 17.4. The monoisotopic (exact) mass is 497 g/mol. The van der Waals surface area contributed by atoms with E-state index in [2.05, 4.69) is 60.1 Å². The molecule has 1 saturated heterocycles. The number of hydrogen-bond acceptors (Lipinski definition) is 6. The largest absolute Gasteiger partial charge is 0.351 e. The topological polar surface area (TPSA) is 97.2 Å². The number of nitrogens with zero attached hydrogens (tertiary/aromatic N) is 4. The molecule has 11 heteroatoms. The maximum atomic E-state index is 13.4. The molecule has 1 aliphatic heterocycles. The van der Waals surface area contributed by atoms with Crippen LogP contribution >= 0.6 is 11.6 Å². The van der Waals surface area contributed by atoms with Crippen LogP contribution in [0, 0.1) is 12.8 Å². The van der Waals surface area contributed by atoms with Crippen molar-refractivity contribution in [2.75, 3.05) is 11.4 Å². The minimum absolute atomic E-state index is 0.0302. The molecule has 0 bridgehead atoms. The molecule has 1 fully saturated rings. The second kappa shape index (κ2) is 8.14. The predicted molar refractivity (Wildman–Crippen MR) is 130 cm³/mol. The summed E-state index contributed by atoms with van der Waals surface area (Å²) in [7, 11) is -4.43. The summed E-state index contributed by atoms with van der Waals surface area (Å²) >= 11 is 6.59. The Morgan fingerprint density at radius 3 is 2.41 bits per heavy atom. The summed E-state index contributed by atoms with van der Waals surface area (Å²) in [6.07, 6.45) is 2.31. The Bertz CT molecular complexity index is 1170. The maximum Gasteiger partial charge on any atom is 0.268 e. The molecule has 0 radical (unpaired) electrons. The molecule has 32 heavy (non-hydrogen) atoms. The summed E-state index contributed by atoms with van der Waals surface area (Å²) < 4.78 is 29.6. The highest BCUT2D eigenvalue weighted by molar-refractivity contribution is 7.90. The first-order valence-corrected chi connectivity index (χ1v) is 15.9. The summed E-state index contributed by atoms with van der Waals surface area (Å²) in [5.41, 5.74) is 0.295. The molecule has 3 rings (SSSR count). The van der Waals surface area contributed by atoms with E-state index < -0.39 is 24.0 Å². The SMILES string of the molecule is Cc1nn(C)cc1S(=O)(=O)NC(=O)c1cc([Si](C)(C)C)c(Cl)nc1N1C[C@@H](C)CC1(C)C. The zero-order valence-corrected chi connectivity index (χ0v) is 22.5. The first kappa shape index (κ1) is 24.7. The lowest BCUT2D eigenvalue weighted by Gasteiger charge is -2.34. The molecular weight excluding hydrogens is 466 g/mol. The van der Waals surface area contributed by atoms with Crippen LogP contribution in [0.15, 0.2) is 17.2 Å². The van der Waals surface area contributed by atoms with Gasteiger partial charge in [0.2, 0.25) is 0 Å². The summed E-state index contributed by atoms with van der Waals surface area (Å²) in [6, 6.07) is 1.73. The lowest BCUT2D eigenvalue weighted by atomic mass is 9.97. The Labute approximate surface area is 196 Å². The molecule has 176 valence electrons. The van der Waals surface area contributed by atoms with Gasteiger partial charge in [0.15, 0.2) is 0 Å². The fraction of sp³-hybridized carbons (Fsp3) is 0.571. The molecular formula is C21H32ClN5O3SSi. The fourth-order valence-electron chi connectivity index (χ4n) is 4.41. The maximum absolute atomic E-state index is 13.4. The number of carbonyl (C=O) groups is 1. The van der Waals surface area contributed by atoms with E-state index in [1.807, 2.05) is 0 Å². The number of aryl methyl sites for hydroxylation is 2. The van der Waals surface area contributed by atoms with Crippen molar-refractivity contribution in [2.45, 2.75) is 64.2 Å². The highest BCUT2D eigenvalue weighted by Gasteiger charge is 2.40. The quantitative estimate of drug-likeness (QED) is 0.503. The van der Waals surface area contributed by atoms with Crippen molar-refractivity contribution in [3.63, 3.8) is 0 Å². The first-order chi connectivity index (χ1) is 14.5. The molecule has 1 aliphatic rings. The van der Waals surface area contributed by atoms with E-state index in [-0.39, 0.29) is 16.0 Å². The molecule has 0 aliphatic carbocycles. The smallest absolute Gasteiger partial charge is 0.268 e. The number of carbonyl (C=O) groups excluding carboxylic acids is 1. The molecule has 1 amide bonds. The zero-order valence-electron chi connectivity index (χ0n) is 19.9. The molecule has 0 unspecified atom stereocenters. The predicted octanol–water partition coefficient (Wildman–Crippen LogP) is 3.07. The Hall–Kier alpha value is -1.91. The third kappa shape index (κ3) is 4.72. The third-order valence-corrected chi connectivity index (χ3v) is 9.70. The van der Waals surface area contributed by atoms with Crippen LogP contribution in [0.5, 0.6) is 0 Å². The van der Waals surface area contributed by atoms with Crippen LogP contribution < -0.4 is 14.8 Å². The molecule has 0 saturated carbocycles. The van der Waals surface area contributed by atoms with Gasteiger partial charge >= 0.3 is 0 Å². The van der Waals surface area contributed by atoms with Gasteiger partial charge in [-0.3, -0.25) is 9.48 Å². The van der Waals surface area contributed by atoms with Gasteiger partial charge in [-0.1, -0.05) is 38.2 Å². The van der Waals surface area contributed by atoms with E-state index >= 15 is 0 Å². The van der Waals surface area contributed by atoms with E-state index in [9.17, 15) is 13.2 Å². The summed E-state index contributed by atoms with van der Waals surface area (Å²) in [4.78, 5) is 20.1. The number of nitrogens with one attached hydrogen (secondary N) is 1. The number of sulfonamides is 1.